The van der Waals surface area contributed by atoms with Crippen molar-refractivity contribution in [1.29, 1.82) is 0 Å². The fraction of sp³-hybridized carbons (Fsp3) is 0.667. The Morgan fingerprint density at radius 2 is 2.05 bits per heavy atom. The minimum Gasteiger partial charge on any atom is -0.311 e. The van der Waals surface area contributed by atoms with Gasteiger partial charge in [0.15, 0.2) is 0 Å². The molecule has 116 valence electrons. The van der Waals surface area contributed by atoms with Crippen LogP contribution in [0.2, 0.25) is 0 Å². The summed E-state index contributed by atoms with van der Waals surface area (Å²) in [5, 5.41) is 3.82. The van der Waals surface area contributed by atoms with Gasteiger partial charge in [0.05, 0.1) is 0 Å². The Bertz CT molecular complexity index is 432. The quantitative estimate of drug-likeness (QED) is 0.865. The second-order valence-electron chi connectivity index (χ2n) is 6.61. The SMILES string of the molecule is CSCCC(C)N1CC(C2CC2)NCC1c1ccccc1. The van der Waals surface area contributed by atoms with E-state index in [1.165, 1.54) is 37.1 Å². The normalized spacial score (nSPS) is 28.5. The molecule has 1 aromatic rings. The molecule has 3 unspecified atom stereocenters. The first-order chi connectivity index (χ1) is 10.3. The van der Waals surface area contributed by atoms with Gasteiger partial charge in [0, 0.05) is 31.2 Å². The van der Waals surface area contributed by atoms with Crippen molar-refractivity contribution in [2.24, 2.45) is 5.92 Å². The first-order valence-electron chi connectivity index (χ1n) is 8.32. The van der Waals surface area contributed by atoms with Crippen LogP contribution >= 0.6 is 11.8 Å². The van der Waals surface area contributed by atoms with Gasteiger partial charge in [-0.2, -0.15) is 11.8 Å². The second-order valence-corrected chi connectivity index (χ2v) is 7.59. The van der Waals surface area contributed by atoms with E-state index in [-0.39, 0.29) is 0 Å². The Hall–Kier alpha value is -0.510. The van der Waals surface area contributed by atoms with E-state index >= 15 is 0 Å². The van der Waals surface area contributed by atoms with Crippen molar-refractivity contribution < 1.29 is 0 Å². The van der Waals surface area contributed by atoms with Crippen LogP contribution < -0.4 is 5.32 Å². The Kier molecular flexibility index (Phi) is 5.25. The lowest BCUT2D eigenvalue weighted by Gasteiger charge is -2.44. The average molecular weight is 305 g/mol. The number of hydrogen-bond donors (Lipinski definition) is 1. The van der Waals surface area contributed by atoms with Crippen molar-refractivity contribution in [2.45, 2.75) is 44.3 Å². The first kappa shape index (κ1) is 15.4. The highest BCUT2D eigenvalue weighted by Crippen LogP contribution is 2.37. The fourth-order valence-corrected chi connectivity index (χ4v) is 4.12. The van der Waals surface area contributed by atoms with E-state index in [9.17, 15) is 0 Å². The summed E-state index contributed by atoms with van der Waals surface area (Å²) in [5.74, 6) is 2.21. The minimum absolute atomic E-state index is 0.540. The summed E-state index contributed by atoms with van der Waals surface area (Å²) in [5.41, 5.74) is 1.47. The number of benzene rings is 1. The third-order valence-electron chi connectivity index (χ3n) is 5.06. The molecule has 3 heteroatoms. The minimum atomic E-state index is 0.540. The second kappa shape index (κ2) is 7.17. The van der Waals surface area contributed by atoms with Gasteiger partial charge >= 0.3 is 0 Å². The molecule has 21 heavy (non-hydrogen) atoms. The number of thioether (sulfide) groups is 1. The highest BCUT2D eigenvalue weighted by molar-refractivity contribution is 7.98. The molecular weight excluding hydrogens is 276 g/mol. The molecule has 0 aromatic heterocycles. The van der Waals surface area contributed by atoms with E-state index in [2.05, 4.69) is 53.7 Å². The third-order valence-corrected chi connectivity index (χ3v) is 5.71. The lowest BCUT2D eigenvalue weighted by atomic mass is 9.97. The van der Waals surface area contributed by atoms with Gasteiger partial charge in [0.1, 0.15) is 0 Å². The molecule has 2 aliphatic rings. The van der Waals surface area contributed by atoms with Crippen molar-refractivity contribution in [3.8, 4) is 0 Å². The lowest BCUT2D eigenvalue weighted by Crippen LogP contribution is -2.55. The number of nitrogens with zero attached hydrogens (tertiary/aromatic N) is 1. The van der Waals surface area contributed by atoms with Crippen LogP contribution in [0, 0.1) is 5.92 Å². The van der Waals surface area contributed by atoms with Crippen molar-refractivity contribution >= 4 is 11.8 Å². The zero-order valence-corrected chi connectivity index (χ0v) is 14.1. The summed E-state index contributed by atoms with van der Waals surface area (Å²) in [6.07, 6.45) is 6.37. The molecule has 2 nitrogen and oxygen atoms in total. The first-order valence-corrected chi connectivity index (χ1v) is 9.72. The monoisotopic (exact) mass is 304 g/mol. The summed E-state index contributed by atoms with van der Waals surface area (Å²) >= 11 is 1.97. The predicted molar refractivity (Wildman–Crippen MR) is 92.9 cm³/mol. The summed E-state index contributed by atoms with van der Waals surface area (Å²) < 4.78 is 0. The van der Waals surface area contributed by atoms with Crippen LogP contribution in [0.25, 0.3) is 0 Å². The van der Waals surface area contributed by atoms with Gasteiger partial charge in [0.2, 0.25) is 0 Å². The van der Waals surface area contributed by atoms with Crippen LogP contribution in [0.4, 0.5) is 0 Å². The fourth-order valence-electron chi connectivity index (χ4n) is 3.54. The number of hydrogen-bond acceptors (Lipinski definition) is 3. The van der Waals surface area contributed by atoms with E-state index in [1.54, 1.807) is 0 Å². The van der Waals surface area contributed by atoms with E-state index in [0.29, 0.717) is 12.1 Å². The van der Waals surface area contributed by atoms with Gasteiger partial charge in [-0.15, -0.1) is 0 Å². The molecule has 1 saturated carbocycles. The van der Waals surface area contributed by atoms with E-state index in [1.807, 2.05) is 11.8 Å². The van der Waals surface area contributed by atoms with Crippen molar-refractivity contribution in [3.05, 3.63) is 35.9 Å². The standard InChI is InChI=1S/C18H28N2S/c1-14(10-11-21-2)20-13-17(15-8-9-15)19-12-18(20)16-6-4-3-5-7-16/h3-7,14-15,17-19H,8-13H2,1-2H3. The van der Waals surface area contributed by atoms with E-state index in [4.69, 9.17) is 0 Å². The molecule has 1 saturated heterocycles. The molecule has 0 spiro atoms. The Morgan fingerprint density at radius 1 is 1.29 bits per heavy atom. The maximum atomic E-state index is 3.82. The van der Waals surface area contributed by atoms with Crippen LogP contribution in [0.15, 0.2) is 30.3 Å². The van der Waals surface area contributed by atoms with Crippen LogP contribution in [0.1, 0.15) is 37.8 Å². The molecule has 1 aromatic carbocycles. The Morgan fingerprint density at radius 3 is 2.71 bits per heavy atom. The van der Waals surface area contributed by atoms with E-state index < -0.39 is 0 Å². The molecule has 0 radical (unpaired) electrons. The smallest absolute Gasteiger partial charge is 0.0476 e. The zero-order chi connectivity index (χ0) is 14.7. The van der Waals surface area contributed by atoms with Gasteiger partial charge in [-0.3, -0.25) is 4.90 Å². The average Bonchev–Trinajstić information content (AvgIpc) is 3.38. The van der Waals surface area contributed by atoms with Crippen molar-refractivity contribution in [2.75, 3.05) is 25.1 Å². The largest absolute Gasteiger partial charge is 0.311 e. The van der Waals surface area contributed by atoms with Gasteiger partial charge in [0.25, 0.3) is 0 Å². The van der Waals surface area contributed by atoms with Gasteiger partial charge in [-0.05, 0) is 49.7 Å². The molecule has 0 bridgehead atoms. The zero-order valence-electron chi connectivity index (χ0n) is 13.3. The van der Waals surface area contributed by atoms with Gasteiger partial charge in [-0.25, -0.2) is 0 Å². The summed E-state index contributed by atoms with van der Waals surface area (Å²) in [7, 11) is 0. The van der Waals surface area contributed by atoms with Crippen LogP contribution in [-0.2, 0) is 0 Å². The van der Waals surface area contributed by atoms with Gasteiger partial charge in [-0.1, -0.05) is 30.3 Å². The maximum absolute atomic E-state index is 3.82. The Balaban J connectivity index is 1.73. The Labute approximate surface area is 133 Å². The van der Waals surface area contributed by atoms with Crippen molar-refractivity contribution in [3.63, 3.8) is 0 Å². The molecule has 1 heterocycles. The molecule has 0 amide bonds. The molecule has 1 N–H and O–H groups in total. The molecule has 3 rings (SSSR count). The highest BCUT2D eigenvalue weighted by atomic mass is 32.2. The van der Waals surface area contributed by atoms with Crippen LogP contribution in [0.5, 0.6) is 0 Å². The molecular formula is C18H28N2S. The van der Waals surface area contributed by atoms with Crippen LogP contribution in [-0.4, -0.2) is 42.1 Å². The summed E-state index contributed by atoms with van der Waals surface area (Å²) in [6, 6.07) is 13.0. The maximum Gasteiger partial charge on any atom is 0.0476 e. The predicted octanol–water partition coefficient (Wildman–Crippen LogP) is 3.55. The van der Waals surface area contributed by atoms with E-state index in [0.717, 1.165) is 18.5 Å². The number of rotatable bonds is 6. The molecule has 1 aliphatic heterocycles. The molecule has 2 fully saturated rings. The molecule has 1 aliphatic carbocycles. The number of piperazine rings is 1. The summed E-state index contributed by atoms with van der Waals surface area (Å²) in [6.45, 7) is 4.75. The topological polar surface area (TPSA) is 15.3 Å². The summed E-state index contributed by atoms with van der Waals surface area (Å²) in [4.78, 5) is 2.77. The number of nitrogens with one attached hydrogen (secondary N) is 1. The van der Waals surface area contributed by atoms with Crippen molar-refractivity contribution in [1.82, 2.24) is 10.2 Å². The lowest BCUT2D eigenvalue weighted by molar-refractivity contribution is 0.0812. The molecule has 3 atom stereocenters. The van der Waals surface area contributed by atoms with Crippen LogP contribution in [0.3, 0.4) is 0 Å². The highest BCUT2D eigenvalue weighted by Gasteiger charge is 2.38. The van der Waals surface area contributed by atoms with Gasteiger partial charge < -0.3 is 5.32 Å². The third kappa shape index (κ3) is 3.82.